The summed E-state index contributed by atoms with van der Waals surface area (Å²) in [5, 5.41) is 7.22. The first-order valence-electron chi connectivity index (χ1n) is 7.64. The molecule has 0 aliphatic carbocycles. The number of nitrogens with two attached hydrogens (primary N) is 1. The highest BCUT2D eigenvalue weighted by Crippen LogP contribution is 2.27. The van der Waals surface area contributed by atoms with Crippen molar-refractivity contribution in [3.8, 4) is 0 Å². The summed E-state index contributed by atoms with van der Waals surface area (Å²) in [4.78, 5) is 14.5. The molecule has 1 aromatic carbocycles. The Kier molecular flexibility index (Phi) is 4.33. The summed E-state index contributed by atoms with van der Waals surface area (Å²) in [6.45, 7) is 4.10. The minimum absolute atomic E-state index is 0.111. The first-order chi connectivity index (χ1) is 11.3. The number of furan rings is 1. The van der Waals surface area contributed by atoms with E-state index in [9.17, 15) is 13.2 Å². The van der Waals surface area contributed by atoms with Crippen molar-refractivity contribution in [2.45, 2.75) is 24.9 Å². The Labute approximate surface area is 140 Å². The van der Waals surface area contributed by atoms with Gasteiger partial charge in [0, 0.05) is 24.5 Å². The lowest BCUT2D eigenvalue weighted by molar-refractivity contribution is 0.0991. The number of primary sulfonamides is 1. The van der Waals surface area contributed by atoms with Crippen LogP contribution >= 0.6 is 0 Å². The maximum absolute atomic E-state index is 12.2. The lowest BCUT2D eigenvalue weighted by Gasteiger charge is -2.20. The van der Waals surface area contributed by atoms with Crippen LogP contribution in [0.2, 0.25) is 0 Å². The van der Waals surface area contributed by atoms with E-state index in [1.54, 1.807) is 0 Å². The molecule has 0 radical (unpaired) electrons. The standard InChI is InChI=1S/C16H19N3O4S/c1-11-10-12(4-5-13(11)19-8-2-3-9-19)18-16(20)14-6-7-15(23-14)24(17,21)22/h4-7,10H,2-3,8-9H2,1H3,(H,18,20)(H2,17,21,22). The number of amides is 1. The van der Waals surface area contributed by atoms with Crippen LogP contribution in [-0.4, -0.2) is 27.4 Å². The minimum Gasteiger partial charge on any atom is -0.438 e. The highest BCUT2D eigenvalue weighted by Gasteiger charge is 2.18. The molecular formula is C16H19N3O4S. The first kappa shape index (κ1) is 16.5. The highest BCUT2D eigenvalue weighted by molar-refractivity contribution is 7.89. The summed E-state index contributed by atoms with van der Waals surface area (Å²) in [6.07, 6.45) is 2.39. The Morgan fingerprint density at radius 1 is 1.21 bits per heavy atom. The van der Waals surface area contributed by atoms with Crippen LogP contribution in [0.15, 0.2) is 39.8 Å². The zero-order chi connectivity index (χ0) is 17.3. The van der Waals surface area contributed by atoms with Gasteiger partial charge in [0.25, 0.3) is 15.9 Å². The number of sulfonamides is 1. The summed E-state index contributed by atoms with van der Waals surface area (Å²) in [5.74, 6) is -0.640. The number of anilines is 2. The van der Waals surface area contributed by atoms with Gasteiger partial charge < -0.3 is 14.6 Å². The number of carbonyl (C=O) groups is 1. The van der Waals surface area contributed by atoms with Crippen molar-refractivity contribution in [2.24, 2.45) is 5.14 Å². The average molecular weight is 349 g/mol. The van der Waals surface area contributed by atoms with Crippen molar-refractivity contribution in [2.75, 3.05) is 23.3 Å². The van der Waals surface area contributed by atoms with E-state index in [4.69, 9.17) is 9.56 Å². The Bertz CT molecular complexity index is 867. The predicted molar refractivity (Wildman–Crippen MR) is 90.7 cm³/mol. The van der Waals surface area contributed by atoms with Gasteiger partial charge >= 0.3 is 0 Å². The van der Waals surface area contributed by atoms with E-state index in [0.717, 1.165) is 24.7 Å². The average Bonchev–Trinajstić information content (AvgIpc) is 3.18. The van der Waals surface area contributed by atoms with Gasteiger partial charge in [0.05, 0.1) is 0 Å². The smallest absolute Gasteiger partial charge is 0.291 e. The lowest BCUT2D eigenvalue weighted by atomic mass is 10.1. The summed E-state index contributed by atoms with van der Waals surface area (Å²) in [5.41, 5.74) is 2.85. The molecule has 0 spiro atoms. The van der Waals surface area contributed by atoms with Crippen LogP contribution in [0.25, 0.3) is 0 Å². The van der Waals surface area contributed by atoms with E-state index >= 15 is 0 Å². The molecule has 3 N–H and O–H groups in total. The molecule has 0 saturated carbocycles. The van der Waals surface area contributed by atoms with E-state index < -0.39 is 21.0 Å². The van der Waals surface area contributed by atoms with Crippen LogP contribution < -0.4 is 15.4 Å². The molecule has 1 aromatic heterocycles. The van der Waals surface area contributed by atoms with Gasteiger partial charge in [0.1, 0.15) is 0 Å². The number of nitrogens with one attached hydrogen (secondary N) is 1. The molecule has 1 aliphatic rings. The molecule has 3 rings (SSSR count). The van der Waals surface area contributed by atoms with Gasteiger partial charge in [-0.1, -0.05) is 0 Å². The Balaban J connectivity index is 1.74. The van der Waals surface area contributed by atoms with Crippen molar-refractivity contribution in [1.29, 1.82) is 0 Å². The van der Waals surface area contributed by atoms with Crippen LogP contribution in [0.5, 0.6) is 0 Å². The molecule has 1 saturated heterocycles. The van der Waals surface area contributed by atoms with Gasteiger partial charge in [-0.15, -0.1) is 0 Å². The Morgan fingerprint density at radius 2 is 1.92 bits per heavy atom. The molecule has 1 aliphatic heterocycles. The second kappa shape index (κ2) is 6.29. The maximum Gasteiger partial charge on any atom is 0.291 e. The second-order valence-corrected chi connectivity index (χ2v) is 7.31. The number of rotatable bonds is 4. The molecule has 1 fully saturated rings. The van der Waals surface area contributed by atoms with Crippen molar-refractivity contribution in [3.05, 3.63) is 41.7 Å². The molecule has 0 unspecified atom stereocenters. The third kappa shape index (κ3) is 3.44. The van der Waals surface area contributed by atoms with Crippen molar-refractivity contribution >= 4 is 27.3 Å². The maximum atomic E-state index is 12.2. The quantitative estimate of drug-likeness (QED) is 0.879. The fourth-order valence-electron chi connectivity index (χ4n) is 2.83. The van der Waals surface area contributed by atoms with E-state index in [1.807, 2.05) is 25.1 Å². The van der Waals surface area contributed by atoms with Gasteiger partial charge in [-0.3, -0.25) is 4.79 Å². The monoisotopic (exact) mass is 349 g/mol. The van der Waals surface area contributed by atoms with Gasteiger partial charge in [0.2, 0.25) is 5.09 Å². The third-order valence-electron chi connectivity index (χ3n) is 3.99. The van der Waals surface area contributed by atoms with Crippen molar-refractivity contribution < 1.29 is 17.6 Å². The first-order valence-corrected chi connectivity index (χ1v) is 9.19. The molecule has 128 valence electrons. The number of carbonyl (C=O) groups excluding carboxylic acids is 1. The molecule has 8 heteroatoms. The fourth-order valence-corrected chi connectivity index (χ4v) is 3.30. The fraction of sp³-hybridized carbons (Fsp3) is 0.312. The topological polar surface area (TPSA) is 106 Å². The third-order valence-corrected chi connectivity index (χ3v) is 4.77. The number of hydrogen-bond donors (Lipinski definition) is 2. The van der Waals surface area contributed by atoms with Crippen LogP contribution in [0.3, 0.4) is 0 Å². The van der Waals surface area contributed by atoms with Crippen LogP contribution in [0.1, 0.15) is 29.0 Å². The molecule has 24 heavy (non-hydrogen) atoms. The molecular weight excluding hydrogens is 330 g/mol. The van der Waals surface area contributed by atoms with Crippen molar-refractivity contribution in [1.82, 2.24) is 0 Å². The van der Waals surface area contributed by atoms with E-state index in [1.165, 1.54) is 24.6 Å². The zero-order valence-corrected chi connectivity index (χ0v) is 14.1. The Morgan fingerprint density at radius 3 is 2.50 bits per heavy atom. The van der Waals surface area contributed by atoms with E-state index in [2.05, 4.69) is 10.2 Å². The number of benzene rings is 1. The molecule has 2 aromatic rings. The van der Waals surface area contributed by atoms with E-state index in [-0.39, 0.29) is 5.76 Å². The Hall–Kier alpha value is -2.32. The van der Waals surface area contributed by atoms with Crippen LogP contribution in [0, 0.1) is 6.92 Å². The van der Waals surface area contributed by atoms with Gasteiger partial charge in [-0.05, 0) is 55.7 Å². The molecule has 7 nitrogen and oxygen atoms in total. The SMILES string of the molecule is Cc1cc(NC(=O)c2ccc(S(N)(=O)=O)o2)ccc1N1CCCC1. The minimum atomic E-state index is -3.96. The summed E-state index contributed by atoms with van der Waals surface area (Å²) in [7, 11) is -3.96. The largest absolute Gasteiger partial charge is 0.438 e. The molecule has 0 bridgehead atoms. The van der Waals surface area contributed by atoms with Crippen LogP contribution in [0.4, 0.5) is 11.4 Å². The summed E-state index contributed by atoms with van der Waals surface area (Å²) in [6, 6.07) is 8.12. The number of aryl methyl sites for hydroxylation is 1. The second-order valence-electron chi connectivity index (χ2n) is 5.81. The number of nitrogens with zero attached hydrogens (tertiary/aromatic N) is 1. The summed E-state index contributed by atoms with van der Waals surface area (Å²) < 4.78 is 27.3. The van der Waals surface area contributed by atoms with Crippen molar-refractivity contribution in [3.63, 3.8) is 0 Å². The van der Waals surface area contributed by atoms with Crippen LogP contribution in [-0.2, 0) is 10.0 Å². The van der Waals surface area contributed by atoms with Gasteiger partial charge in [-0.2, -0.15) is 0 Å². The lowest BCUT2D eigenvalue weighted by Crippen LogP contribution is -2.19. The molecule has 0 atom stereocenters. The van der Waals surface area contributed by atoms with Gasteiger partial charge in [-0.25, -0.2) is 13.6 Å². The predicted octanol–water partition coefficient (Wildman–Crippen LogP) is 2.09. The molecule has 1 amide bonds. The van der Waals surface area contributed by atoms with Gasteiger partial charge in [0.15, 0.2) is 5.76 Å². The summed E-state index contributed by atoms with van der Waals surface area (Å²) >= 11 is 0. The van der Waals surface area contributed by atoms with E-state index in [0.29, 0.717) is 5.69 Å². The molecule has 2 heterocycles. The zero-order valence-electron chi connectivity index (χ0n) is 13.3. The highest BCUT2D eigenvalue weighted by atomic mass is 32.2. The normalized spacial score (nSPS) is 14.8. The number of hydrogen-bond acceptors (Lipinski definition) is 5.